The molecular formula is C25H20Cl2N4O2S. The Morgan fingerprint density at radius 1 is 1.06 bits per heavy atom. The molecule has 34 heavy (non-hydrogen) atoms. The number of amides is 1. The molecule has 0 bridgehead atoms. The minimum absolute atomic E-state index is 0.328. The van der Waals surface area contributed by atoms with E-state index < -0.39 is 0 Å². The third-order valence-corrected chi connectivity index (χ3v) is 5.93. The molecule has 172 valence electrons. The Balaban J connectivity index is 1.38. The minimum Gasteiger partial charge on any atom is -0.493 e. The van der Waals surface area contributed by atoms with E-state index in [2.05, 4.69) is 20.8 Å². The Hall–Kier alpha value is -3.39. The summed E-state index contributed by atoms with van der Waals surface area (Å²) in [6, 6.07) is 19.8. The molecule has 2 N–H and O–H groups in total. The van der Waals surface area contributed by atoms with Crippen LogP contribution in [0.1, 0.15) is 22.8 Å². The number of nitrogens with one attached hydrogen (secondary N) is 2. The largest absolute Gasteiger partial charge is 0.493 e. The van der Waals surface area contributed by atoms with Gasteiger partial charge in [-0.1, -0.05) is 35.3 Å². The van der Waals surface area contributed by atoms with Crippen LogP contribution in [0.15, 0.2) is 77.2 Å². The van der Waals surface area contributed by atoms with Crippen LogP contribution >= 0.6 is 34.5 Å². The molecule has 9 heteroatoms. The van der Waals surface area contributed by atoms with Crippen LogP contribution in [-0.4, -0.2) is 23.7 Å². The van der Waals surface area contributed by atoms with E-state index in [1.807, 2.05) is 48.7 Å². The SMILES string of the molecule is CCOc1ccc(Cl)cc1/C=N\NC(=O)c1ccc(-c2csc(Nc3ccc(Cl)cc3)n2)cc1. The number of hydrogen-bond acceptors (Lipinski definition) is 6. The summed E-state index contributed by atoms with van der Waals surface area (Å²) in [7, 11) is 0. The molecule has 4 rings (SSSR count). The van der Waals surface area contributed by atoms with Crippen molar-refractivity contribution >= 4 is 57.5 Å². The van der Waals surface area contributed by atoms with Crippen molar-refractivity contribution in [3.8, 4) is 17.0 Å². The molecule has 1 heterocycles. The number of hydrogen-bond donors (Lipinski definition) is 2. The number of benzene rings is 3. The molecule has 0 saturated heterocycles. The van der Waals surface area contributed by atoms with E-state index >= 15 is 0 Å². The number of carbonyl (C=O) groups is 1. The van der Waals surface area contributed by atoms with E-state index in [4.69, 9.17) is 27.9 Å². The fourth-order valence-electron chi connectivity index (χ4n) is 3.04. The lowest BCUT2D eigenvalue weighted by atomic mass is 10.1. The molecular weight excluding hydrogens is 491 g/mol. The number of hydrazone groups is 1. The molecule has 0 spiro atoms. The first kappa shape index (κ1) is 23.8. The van der Waals surface area contributed by atoms with Crippen LogP contribution in [0, 0.1) is 0 Å². The number of anilines is 2. The Morgan fingerprint density at radius 2 is 1.79 bits per heavy atom. The summed E-state index contributed by atoms with van der Waals surface area (Å²) in [5, 5.41) is 11.3. The highest BCUT2D eigenvalue weighted by atomic mass is 35.5. The van der Waals surface area contributed by atoms with Gasteiger partial charge in [0.05, 0.1) is 18.5 Å². The Labute approximate surface area is 211 Å². The molecule has 0 saturated carbocycles. The van der Waals surface area contributed by atoms with E-state index in [-0.39, 0.29) is 5.91 Å². The first-order chi connectivity index (χ1) is 16.5. The highest BCUT2D eigenvalue weighted by Crippen LogP contribution is 2.28. The van der Waals surface area contributed by atoms with Crippen molar-refractivity contribution in [3.05, 3.63) is 93.3 Å². The average Bonchev–Trinajstić information content (AvgIpc) is 3.31. The summed E-state index contributed by atoms with van der Waals surface area (Å²) < 4.78 is 5.55. The molecule has 0 unspecified atom stereocenters. The number of carbonyl (C=O) groups excluding carboxylic acids is 1. The third kappa shape index (κ3) is 6.14. The van der Waals surface area contributed by atoms with E-state index in [1.165, 1.54) is 17.6 Å². The van der Waals surface area contributed by atoms with E-state index in [0.717, 1.165) is 22.1 Å². The van der Waals surface area contributed by atoms with Crippen molar-refractivity contribution in [3.63, 3.8) is 0 Å². The van der Waals surface area contributed by atoms with Crippen molar-refractivity contribution < 1.29 is 9.53 Å². The van der Waals surface area contributed by atoms with Gasteiger partial charge in [0.25, 0.3) is 5.91 Å². The van der Waals surface area contributed by atoms with Crippen LogP contribution in [0.4, 0.5) is 10.8 Å². The van der Waals surface area contributed by atoms with Crippen LogP contribution in [-0.2, 0) is 0 Å². The predicted octanol–water partition coefficient (Wildman–Crippen LogP) is 7.02. The zero-order chi connectivity index (χ0) is 23.9. The zero-order valence-electron chi connectivity index (χ0n) is 18.1. The molecule has 3 aromatic carbocycles. The van der Waals surface area contributed by atoms with Gasteiger partial charge in [0, 0.05) is 37.8 Å². The van der Waals surface area contributed by atoms with E-state index in [1.54, 1.807) is 30.3 Å². The molecule has 1 amide bonds. The molecule has 0 aliphatic carbocycles. The second-order valence-corrected chi connectivity index (χ2v) is 8.79. The van der Waals surface area contributed by atoms with Crippen molar-refractivity contribution in [1.82, 2.24) is 10.4 Å². The van der Waals surface area contributed by atoms with Crippen LogP contribution in [0.2, 0.25) is 10.0 Å². The topological polar surface area (TPSA) is 75.6 Å². The third-order valence-electron chi connectivity index (χ3n) is 4.68. The van der Waals surface area contributed by atoms with Crippen molar-refractivity contribution in [2.24, 2.45) is 5.10 Å². The maximum absolute atomic E-state index is 12.5. The van der Waals surface area contributed by atoms with Crippen LogP contribution in [0.3, 0.4) is 0 Å². The maximum Gasteiger partial charge on any atom is 0.271 e. The van der Waals surface area contributed by atoms with E-state index in [0.29, 0.717) is 33.5 Å². The van der Waals surface area contributed by atoms with Gasteiger partial charge in [-0.05, 0) is 61.5 Å². The van der Waals surface area contributed by atoms with Crippen LogP contribution in [0.25, 0.3) is 11.3 Å². The fourth-order valence-corrected chi connectivity index (χ4v) is 4.09. The Kier molecular flexibility index (Phi) is 7.80. The highest BCUT2D eigenvalue weighted by molar-refractivity contribution is 7.14. The fraction of sp³-hybridized carbons (Fsp3) is 0.0800. The van der Waals surface area contributed by atoms with Crippen molar-refractivity contribution in [2.75, 3.05) is 11.9 Å². The van der Waals surface area contributed by atoms with Crippen LogP contribution in [0.5, 0.6) is 5.75 Å². The Morgan fingerprint density at radius 3 is 2.53 bits per heavy atom. The number of rotatable bonds is 8. The Bertz CT molecular complexity index is 1310. The summed E-state index contributed by atoms with van der Waals surface area (Å²) in [6.07, 6.45) is 1.51. The zero-order valence-corrected chi connectivity index (χ0v) is 20.4. The van der Waals surface area contributed by atoms with Crippen molar-refractivity contribution in [1.29, 1.82) is 0 Å². The van der Waals surface area contributed by atoms with Gasteiger partial charge in [0.1, 0.15) is 5.75 Å². The molecule has 0 fully saturated rings. The monoisotopic (exact) mass is 510 g/mol. The van der Waals surface area contributed by atoms with Gasteiger partial charge in [-0.3, -0.25) is 4.79 Å². The number of nitrogens with zero attached hydrogens (tertiary/aromatic N) is 2. The highest BCUT2D eigenvalue weighted by Gasteiger charge is 2.09. The number of halogens is 2. The normalized spacial score (nSPS) is 10.9. The lowest BCUT2D eigenvalue weighted by Gasteiger charge is -2.07. The lowest BCUT2D eigenvalue weighted by molar-refractivity contribution is 0.0955. The summed E-state index contributed by atoms with van der Waals surface area (Å²) in [4.78, 5) is 17.1. The lowest BCUT2D eigenvalue weighted by Crippen LogP contribution is -2.17. The number of ether oxygens (including phenoxy) is 1. The molecule has 1 aromatic heterocycles. The smallest absolute Gasteiger partial charge is 0.271 e. The summed E-state index contributed by atoms with van der Waals surface area (Å²) in [6.45, 7) is 2.41. The molecule has 0 atom stereocenters. The van der Waals surface area contributed by atoms with Gasteiger partial charge >= 0.3 is 0 Å². The number of thiazole rings is 1. The standard InChI is InChI=1S/C25H20Cl2N4O2S/c1-2-33-23-12-9-20(27)13-18(23)14-28-31-24(32)17-5-3-16(4-6-17)22-15-34-25(30-22)29-21-10-7-19(26)8-11-21/h3-15H,2H2,1H3,(H,29,30)(H,31,32)/b28-14-. The van der Waals surface area contributed by atoms with Crippen molar-refractivity contribution in [2.45, 2.75) is 6.92 Å². The molecule has 4 aromatic rings. The molecule has 0 aliphatic rings. The average molecular weight is 511 g/mol. The first-order valence-electron chi connectivity index (χ1n) is 10.4. The summed E-state index contributed by atoms with van der Waals surface area (Å²) in [5.74, 6) is 0.314. The summed E-state index contributed by atoms with van der Waals surface area (Å²) in [5.41, 5.74) is 6.31. The van der Waals surface area contributed by atoms with Gasteiger partial charge in [0.15, 0.2) is 5.13 Å². The molecule has 0 radical (unpaired) electrons. The first-order valence-corrected chi connectivity index (χ1v) is 12.0. The second-order valence-electron chi connectivity index (χ2n) is 7.06. The van der Waals surface area contributed by atoms with Gasteiger partial charge in [0.2, 0.25) is 0 Å². The van der Waals surface area contributed by atoms with Gasteiger partial charge in [-0.25, -0.2) is 10.4 Å². The molecule has 6 nitrogen and oxygen atoms in total. The van der Waals surface area contributed by atoms with Crippen LogP contribution < -0.4 is 15.5 Å². The quantitative estimate of drug-likeness (QED) is 0.197. The second kappa shape index (κ2) is 11.2. The van der Waals surface area contributed by atoms with Gasteiger partial charge < -0.3 is 10.1 Å². The predicted molar refractivity (Wildman–Crippen MR) is 140 cm³/mol. The molecule has 0 aliphatic heterocycles. The summed E-state index contributed by atoms with van der Waals surface area (Å²) >= 11 is 13.5. The minimum atomic E-state index is -0.328. The number of aromatic nitrogens is 1. The van der Waals surface area contributed by atoms with E-state index in [9.17, 15) is 4.79 Å². The maximum atomic E-state index is 12.5. The van der Waals surface area contributed by atoms with Gasteiger partial charge in [-0.15, -0.1) is 11.3 Å². The van der Waals surface area contributed by atoms with Gasteiger partial charge in [-0.2, -0.15) is 5.10 Å².